The van der Waals surface area contributed by atoms with Crippen molar-refractivity contribution in [2.75, 3.05) is 6.54 Å². The van der Waals surface area contributed by atoms with Gasteiger partial charge in [0, 0.05) is 27.7 Å². The van der Waals surface area contributed by atoms with E-state index in [1.807, 2.05) is 30.3 Å². The van der Waals surface area contributed by atoms with Gasteiger partial charge in [-0.2, -0.15) is 5.10 Å². The van der Waals surface area contributed by atoms with Crippen molar-refractivity contribution < 1.29 is 4.74 Å². The Morgan fingerprint density at radius 1 is 1.24 bits per heavy atom. The molecular formula is C18H17Cl2N3OS. The van der Waals surface area contributed by atoms with E-state index in [1.54, 1.807) is 24.4 Å². The van der Waals surface area contributed by atoms with Gasteiger partial charge in [-0.25, -0.2) is 0 Å². The Balaban J connectivity index is 2.00. The van der Waals surface area contributed by atoms with Crippen molar-refractivity contribution in [1.82, 2.24) is 10.7 Å². The molecule has 0 unspecified atom stereocenters. The van der Waals surface area contributed by atoms with Crippen LogP contribution in [-0.2, 0) is 6.61 Å². The zero-order valence-corrected chi connectivity index (χ0v) is 15.7. The number of nitrogens with zero attached hydrogens (tertiary/aromatic N) is 1. The Bertz CT molecular complexity index is 781. The third kappa shape index (κ3) is 6.38. The highest BCUT2D eigenvalue weighted by molar-refractivity contribution is 7.80. The lowest BCUT2D eigenvalue weighted by Crippen LogP contribution is -2.31. The van der Waals surface area contributed by atoms with Gasteiger partial charge in [-0.1, -0.05) is 47.5 Å². The molecule has 0 aliphatic rings. The number of hydrogen-bond acceptors (Lipinski definition) is 3. The van der Waals surface area contributed by atoms with E-state index in [9.17, 15) is 0 Å². The SMILES string of the molecule is C=CCNC(=S)NN=Cc1ccccc1OCc1ccc(Cl)cc1Cl. The maximum Gasteiger partial charge on any atom is 0.187 e. The Labute approximate surface area is 162 Å². The summed E-state index contributed by atoms with van der Waals surface area (Å²) in [6.45, 7) is 4.51. The second kappa shape index (κ2) is 10.0. The van der Waals surface area contributed by atoms with Crippen molar-refractivity contribution >= 4 is 46.7 Å². The van der Waals surface area contributed by atoms with Gasteiger partial charge in [0.2, 0.25) is 0 Å². The van der Waals surface area contributed by atoms with E-state index in [0.29, 0.717) is 34.1 Å². The molecule has 4 nitrogen and oxygen atoms in total. The minimum atomic E-state index is 0.327. The molecule has 0 atom stereocenters. The van der Waals surface area contributed by atoms with Crippen LogP contribution in [0.2, 0.25) is 10.0 Å². The van der Waals surface area contributed by atoms with Crippen LogP contribution in [0.4, 0.5) is 0 Å². The lowest BCUT2D eigenvalue weighted by Gasteiger charge is -2.10. The molecule has 0 heterocycles. The van der Waals surface area contributed by atoms with Crippen LogP contribution in [-0.4, -0.2) is 17.9 Å². The first-order valence-corrected chi connectivity index (χ1v) is 8.60. The molecule has 2 aromatic rings. The average Bonchev–Trinajstić information content (AvgIpc) is 2.60. The topological polar surface area (TPSA) is 45.7 Å². The standard InChI is InChI=1S/C18H17Cl2N3OS/c1-2-9-21-18(25)23-22-11-13-5-3-4-6-17(13)24-12-14-7-8-15(19)10-16(14)20/h2-8,10-11H,1,9,12H2,(H2,21,23,25). The van der Waals surface area contributed by atoms with Gasteiger partial charge in [0.1, 0.15) is 12.4 Å². The fourth-order valence-electron chi connectivity index (χ4n) is 1.88. The number of benzene rings is 2. The Morgan fingerprint density at radius 3 is 2.80 bits per heavy atom. The van der Waals surface area contributed by atoms with E-state index < -0.39 is 0 Å². The molecule has 0 saturated carbocycles. The summed E-state index contributed by atoms with van der Waals surface area (Å²) in [6, 6.07) is 12.9. The number of rotatable bonds is 7. The summed E-state index contributed by atoms with van der Waals surface area (Å²) in [5.74, 6) is 0.684. The largest absolute Gasteiger partial charge is 0.488 e. The molecule has 2 N–H and O–H groups in total. The van der Waals surface area contributed by atoms with Crippen molar-refractivity contribution in [2.24, 2.45) is 5.10 Å². The van der Waals surface area contributed by atoms with Crippen molar-refractivity contribution in [3.05, 3.63) is 76.3 Å². The van der Waals surface area contributed by atoms with Crippen molar-refractivity contribution in [3.8, 4) is 5.75 Å². The van der Waals surface area contributed by atoms with Gasteiger partial charge in [0.15, 0.2) is 5.11 Å². The fraction of sp³-hybridized carbons (Fsp3) is 0.111. The Morgan fingerprint density at radius 2 is 2.04 bits per heavy atom. The van der Waals surface area contributed by atoms with Crippen LogP contribution in [0.1, 0.15) is 11.1 Å². The second-order valence-corrected chi connectivity index (χ2v) is 6.18. The number of halogens is 2. The third-order valence-electron chi connectivity index (χ3n) is 3.09. The summed E-state index contributed by atoms with van der Waals surface area (Å²) in [7, 11) is 0. The molecule has 0 aliphatic heterocycles. The molecule has 130 valence electrons. The van der Waals surface area contributed by atoms with Gasteiger partial charge >= 0.3 is 0 Å². The quantitative estimate of drug-likeness (QED) is 0.313. The first-order valence-electron chi connectivity index (χ1n) is 7.43. The zero-order chi connectivity index (χ0) is 18.1. The van der Waals surface area contributed by atoms with Crippen LogP contribution in [0.3, 0.4) is 0 Å². The van der Waals surface area contributed by atoms with Crippen molar-refractivity contribution in [3.63, 3.8) is 0 Å². The summed E-state index contributed by atoms with van der Waals surface area (Å²) in [5, 5.41) is 8.60. The molecule has 25 heavy (non-hydrogen) atoms. The molecule has 0 spiro atoms. The van der Waals surface area contributed by atoms with E-state index in [2.05, 4.69) is 22.4 Å². The van der Waals surface area contributed by atoms with Gasteiger partial charge in [0.25, 0.3) is 0 Å². The van der Waals surface area contributed by atoms with E-state index >= 15 is 0 Å². The van der Waals surface area contributed by atoms with Crippen molar-refractivity contribution in [2.45, 2.75) is 6.61 Å². The zero-order valence-electron chi connectivity index (χ0n) is 13.3. The summed E-state index contributed by atoms with van der Waals surface area (Å²) < 4.78 is 5.86. The van der Waals surface area contributed by atoms with Crippen LogP contribution in [0.25, 0.3) is 0 Å². The van der Waals surface area contributed by atoms with Crippen LogP contribution in [0.15, 0.2) is 60.2 Å². The molecule has 0 aromatic heterocycles. The average molecular weight is 394 g/mol. The predicted octanol–water partition coefficient (Wildman–Crippen LogP) is 4.56. The van der Waals surface area contributed by atoms with Gasteiger partial charge in [-0.15, -0.1) is 6.58 Å². The number of ether oxygens (including phenoxy) is 1. The van der Waals surface area contributed by atoms with E-state index in [4.69, 9.17) is 40.2 Å². The third-order valence-corrected chi connectivity index (χ3v) is 3.92. The normalized spacial score (nSPS) is 10.5. The molecular weight excluding hydrogens is 377 g/mol. The lowest BCUT2D eigenvalue weighted by molar-refractivity contribution is 0.306. The van der Waals surface area contributed by atoms with Crippen LogP contribution >= 0.6 is 35.4 Å². The van der Waals surface area contributed by atoms with Crippen molar-refractivity contribution in [1.29, 1.82) is 0 Å². The van der Waals surface area contributed by atoms with Gasteiger partial charge in [-0.05, 0) is 36.5 Å². The smallest absolute Gasteiger partial charge is 0.187 e. The van der Waals surface area contributed by atoms with Crippen LogP contribution in [0, 0.1) is 0 Å². The minimum Gasteiger partial charge on any atom is -0.488 e. The summed E-state index contributed by atoms with van der Waals surface area (Å²) >= 11 is 17.1. The van der Waals surface area contributed by atoms with Gasteiger partial charge in [0.05, 0.1) is 6.21 Å². The predicted molar refractivity (Wildman–Crippen MR) is 109 cm³/mol. The maximum absolute atomic E-state index is 6.17. The minimum absolute atomic E-state index is 0.327. The first kappa shape index (κ1) is 19.2. The molecule has 0 radical (unpaired) electrons. The highest BCUT2D eigenvalue weighted by Gasteiger charge is 2.05. The first-order chi connectivity index (χ1) is 12.1. The molecule has 2 rings (SSSR count). The number of hydrogen-bond donors (Lipinski definition) is 2. The number of hydrazone groups is 1. The van der Waals surface area contributed by atoms with E-state index in [0.717, 1.165) is 11.1 Å². The molecule has 0 saturated heterocycles. The summed E-state index contributed by atoms with van der Waals surface area (Å²) in [5.41, 5.74) is 4.40. The Kier molecular flexibility index (Phi) is 7.73. The Hall–Kier alpha value is -2.08. The van der Waals surface area contributed by atoms with Gasteiger partial charge in [-0.3, -0.25) is 5.43 Å². The molecule has 0 amide bonds. The fourth-order valence-corrected chi connectivity index (χ4v) is 2.48. The molecule has 0 aliphatic carbocycles. The van der Waals surface area contributed by atoms with E-state index in [1.165, 1.54) is 0 Å². The summed E-state index contributed by atoms with van der Waals surface area (Å²) in [4.78, 5) is 0. The summed E-state index contributed by atoms with van der Waals surface area (Å²) in [6.07, 6.45) is 3.35. The van der Waals surface area contributed by atoms with Gasteiger partial charge < -0.3 is 10.1 Å². The number of thiocarbonyl (C=S) groups is 1. The molecule has 0 bridgehead atoms. The highest BCUT2D eigenvalue weighted by atomic mass is 35.5. The number of nitrogens with one attached hydrogen (secondary N) is 2. The highest BCUT2D eigenvalue weighted by Crippen LogP contribution is 2.23. The molecule has 0 fully saturated rings. The van der Waals surface area contributed by atoms with E-state index in [-0.39, 0.29) is 0 Å². The molecule has 7 heteroatoms. The van der Waals surface area contributed by atoms with Crippen LogP contribution in [0.5, 0.6) is 5.75 Å². The monoisotopic (exact) mass is 393 g/mol. The molecule has 2 aromatic carbocycles. The van der Waals surface area contributed by atoms with Crippen LogP contribution < -0.4 is 15.5 Å². The number of para-hydroxylation sites is 1. The maximum atomic E-state index is 6.17. The lowest BCUT2D eigenvalue weighted by atomic mass is 10.2. The second-order valence-electron chi connectivity index (χ2n) is 4.93.